The van der Waals surface area contributed by atoms with Crippen LogP contribution in [0.1, 0.15) is 10.4 Å². The van der Waals surface area contributed by atoms with Gasteiger partial charge in [-0.15, -0.1) is 0 Å². The van der Waals surface area contributed by atoms with Crippen LogP contribution in [0.4, 0.5) is 11.4 Å². The number of amides is 1. The number of halogens is 3. The van der Waals surface area contributed by atoms with Gasteiger partial charge in [0.2, 0.25) is 0 Å². The normalized spacial score (nSPS) is 10.3. The molecule has 0 aliphatic rings. The van der Waals surface area contributed by atoms with Gasteiger partial charge in [-0.25, -0.2) is 0 Å². The predicted molar refractivity (Wildman–Crippen MR) is 80.3 cm³/mol. The van der Waals surface area contributed by atoms with Crippen molar-refractivity contribution in [3.05, 3.63) is 57.0 Å². The lowest BCUT2D eigenvalue weighted by Gasteiger charge is -2.10. The number of rotatable bonds is 2. The van der Waals surface area contributed by atoms with E-state index in [1.54, 1.807) is 30.3 Å². The third-order valence-corrected chi connectivity index (χ3v) is 3.52. The number of hydrogen-bond acceptors (Lipinski definition) is 2. The summed E-state index contributed by atoms with van der Waals surface area (Å²) in [6.45, 7) is 0. The molecule has 2 aromatic rings. The van der Waals surface area contributed by atoms with Crippen molar-refractivity contribution in [2.45, 2.75) is 0 Å². The maximum absolute atomic E-state index is 12.1. The molecule has 0 bridgehead atoms. The Bertz CT molecular complexity index is 624. The maximum Gasteiger partial charge on any atom is 0.255 e. The van der Waals surface area contributed by atoms with Crippen LogP contribution in [-0.4, -0.2) is 5.91 Å². The van der Waals surface area contributed by atoms with Gasteiger partial charge in [0.15, 0.2) is 0 Å². The topological polar surface area (TPSA) is 55.1 Å². The Balaban J connectivity index is 2.28. The van der Waals surface area contributed by atoms with Crippen LogP contribution in [0.25, 0.3) is 0 Å². The Morgan fingerprint density at radius 2 is 1.74 bits per heavy atom. The van der Waals surface area contributed by atoms with Gasteiger partial charge in [-0.2, -0.15) is 0 Å². The third kappa shape index (κ3) is 3.13. The van der Waals surface area contributed by atoms with E-state index >= 15 is 0 Å². The zero-order chi connectivity index (χ0) is 14.0. The molecule has 6 heteroatoms. The first kappa shape index (κ1) is 14.0. The standard InChI is InChI=1S/C13H9Cl3N2O/c14-8-5-4-7(6-10(8)16)13(19)18-12-9(15)2-1-3-11(12)17/h1-6H,17H2,(H,18,19). The minimum absolute atomic E-state index is 0.307. The first-order chi connectivity index (χ1) is 8.99. The highest BCUT2D eigenvalue weighted by atomic mass is 35.5. The van der Waals surface area contributed by atoms with Crippen LogP contribution in [-0.2, 0) is 0 Å². The molecule has 2 rings (SSSR count). The molecule has 0 saturated heterocycles. The van der Waals surface area contributed by atoms with E-state index in [1.807, 2.05) is 0 Å². The molecule has 2 aromatic carbocycles. The molecule has 3 nitrogen and oxygen atoms in total. The number of para-hydroxylation sites is 1. The van der Waals surface area contributed by atoms with E-state index in [2.05, 4.69) is 5.32 Å². The van der Waals surface area contributed by atoms with Crippen molar-refractivity contribution < 1.29 is 4.79 Å². The van der Waals surface area contributed by atoms with Gasteiger partial charge < -0.3 is 11.1 Å². The van der Waals surface area contributed by atoms with Crippen LogP contribution in [0, 0.1) is 0 Å². The zero-order valence-corrected chi connectivity index (χ0v) is 11.9. The quantitative estimate of drug-likeness (QED) is 0.803. The maximum atomic E-state index is 12.1. The molecule has 0 saturated carbocycles. The Labute approximate surface area is 125 Å². The van der Waals surface area contributed by atoms with Crippen molar-refractivity contribution in [3.63, 3.8) is 0 Å². The molecule has 19 heavy (non-hydrogen) atoms. The Kier molecular flexibility index (Phi) is 4.20. The second-order valence-corrected chi connectivity index (χ2v) is 5.01. The van der Waals surface area contributed by atoms with E-state index in [0.717, 1.165) is 0 Å². The highest BCUT2D eigenvalue weighted by molar-refractivity contribution is 6.42. The highest BCUT2D eigenvalue weighted by Gasteiger charge is 2.12. The minimum atomic E-state index is -0.363. The highest BCUT2D eigenvalue weighted by Crippen LogP contribution is 2.29. The summed E-state index contributed by atoms with van der Waals surface area (Å²) in [6, 6.07) is 9.59. The van der Waals surface area contributed by atoms with Gasteiger partial charge in [0.05, 0.1) is 26.4 Å². The molecule has 0 fully saturated rings. The molecular formula is C13H9Cl3N2O. The Morgan fingerprint density at radius 3 is 2.37 bits per heavy atom. The number of nitrogen functional groups attached to an aromatic ring is 1. The van der Waals surface area contributed by atoms with Gasteiger partial charge in [0.25, 0.3) is 5.91 Å². The zero-order valence-electron chi connectivity index (χ0n) is 9.58. The van der Waals surface area contributed by atoms with Gasteiger partial charge in [0, 0.05) is 5.56 Å². The van der Waals surface area contributed by atoms with Crippen LogP contribution in [0.3, 0.4) is 0 Å². The molecular weight excluding hydrogens is 307 g/mol. The van der Waals surface area contributed by atoms with E-state index in [1.165, 1.54) is 6.07 Å². The van der Waals surface area contributed by atoms with E-state index in [0.29, 0.717) is 32.0 Å². The second kappa shape index (κ2) is 5.70. The van der Waals surface area contributed by atoms with Crippen molar-refractivity contribution in [2.24, 2.45) is 0 Å². The average molecular weight is 316 g/mol. The SMILES string of the molecule is Nc1cccc(Cl)c1NC(=O)c1ccc(Cl)c(Cl)c1. The van der Waals surface area contributed by atoms with E-state index in [4.69, 9.17) is 40.5 Å². The second-order valence-electron chi connectivity index (χ2n) is 3.79. The summed E-state index contributed by atoms with van der Waals surface area (Å²) in [5.41, 5.74) is 6.89. The predicted octanol–water partition coefficient (Wildman–Crippen LogP) is 4.48. The summed E-state index contributed by atoms with van der Waals surface area (Å²) < 4.78 is 0. The lowest BCUT2D eigenvalue weighted by atomic mass is 10.2. The lowest BCUT2D eigenvalue weighted by molar-refractivity contribution is 0.102. The van der Waals surface area contributed by atoms with E-state index in [9.17, 15) is 4.79 Å². The van der Waals surface area contributed by atoms with Crippen LogP contribution in [0.5, 0.6) is 0 Å². The van der Waals surface area contributed by atoms with Crippen molar-refractivity contribution in [3.8, 4) is 0 Å². The van der Waals surface area contributed by atoms with Gasteiger partial charge in [0.1, 0.15) is 0 Å². The number of nitrogens with two attached hydrogens (primary N) is 1. The number of nitrogens with one attached hydrogen (secondary N) is 1. The lowest BCUT2D eigenvalue weighted by Crippen LogP contribution is -2.13. The van der Waals surface area contributed by atoms with E-state index in [-0.39, 0.29) is 5.91 Å². The fraction of sp³-hybridized carbons (Fsp3) is 0. The molecule has 0 atom stereocenters. The molecule has 0 heterocycles. The van der Waals surface area contributed by atoms with Crippen LogP contribution in [0.15, 0.2) is 36.4 Å². The van der Waals surface area contributed by atoms with Gasteiger partial charge in [-0.1, -0.05) is 40.9 Å². The summed E-state index contributed by atoms with van der Waals surface area (Å²) >= 11 is 17.6. The number of benzene rings is 2. The van der Waals surface area contributed by atoms with Crippen molar-refractivity contribution >= 4 is 52.1 Å². The molecule has 0 spiro atoms. The molecule has 0 aliphatic carbocycles. The van der Waals surface area contributed by atoms with Crippen molar-refractivity contribution in [1.29, 1.82) is 0 Å². The summed E-state index contributed by atoms with van der Waals surface area (Å²) in [5, 5.41) is 3.70. The Morgan fingerprint density at radius 1 is 1.00 bits per heavy atom. The molecule has 1 amide bonds. The summed E-state index contributed by atoms with van der Waals surface area (Å²) in [6.07, 6.45) is 0. The fourth-order valence-corrected chi connectivity index (χ4v) is 2.02. The van der Waals surface area contributed by atoms with Crippen LogP contribution >= 0.6 is 34.8 Å². The molecule has 0 unspecified atom stereocenters. The largest absolute Gasteiger partial charge is 0.397 e. The number of hydrogen-bond donors (Lipinski definition) is 2. The first-order valence-electron chi connectivity index (χ1n) is 5.29. The van der Waals surface area contributed by atoms with Crippen molar-refractivity contribution in [2.75, 3.05) is 11.1 Å². The van der Waals surface area contributed by atoms with Crippen LogP contribution < -0.4 is 11.1 Å². The number of anilines is 2. The monoisotopic (exact) mass is 314 g/mol. The van der Waals surface area contributed by atoms with Gasteiger partial charge in [-0.3, -0.25) is 4.79 Å². The number of carbonyl (C=O) groups is 1. The molecule has 3 N–H and O–H groups in total. The van der Waals surface area contributed by atoms with Gasteiger partial charge >= 0.3 is 0 Å². The van der Waals surface area contributed by atoms with Crippen LogP contribution in [0.2, 0.25) is 15.1 Å². The number of carbonyl (C=O) groups excluding carboxylic acids is 1. The first-order valence-corrected chi connectivity index (χ1v) is 6.43. The average Bonchev–Trinajstić information content (AvgIpc) is 2.37. The third-order valence-electron chi connectivity index (χ3n) is 2.47. The summed E-state index contributed by atoms with van der Waals surface area (Å²) in [7, 11) is 0. The minimum Gasteiger partial charge on any atom is -0.397 e. The smallest absolute Gasteiger partial charge is 0.255 e. The summed E-state index contributed by atoms with van der Waals surface area (Å²) in [4.78, 5) is 12.1. The van der Waals surface area contributed by atoms with Crippen molar-refractivity contribution in [1.82, 2.24) is 0 Å². The van der Waals surface area contributed by atoms with Gasteiger partial charge in [-0.05, 0) is 30.3 Å². The van der Waals surface area contributed by atoms with E-state index < -0.39 is 0 Å². The molecule has 0 aliphatic heterocycles. The Hall–Kier alpha value is -1.42. The fourth-order valence-electron chi connectivity index (χ4n) is 1.50. The molecule has 0 radical (unpaired) electrons. The molecule has 98 valence electrons. The molecule has 0 aromatic heterocycles. The summed E-state index contributed by atoms with van der Waals surface area (Å²) in [5.74, 6) is -0.363.